The van der Waals surface area contributed by atoms with Gasteiger partial charge in [0.1, 0.15) is 5.75 Å². The van der Waals surface area contributed by atoms with E-state index in [9.17, 15) is 13.2 Å². The Balaban J connectivity index is 1.43. The minimum Gasteiger partial charge on any atom is -0.481 e. The van der Waals surface area contributed by atoms with E-state index < -0.39 is 16.1 Å². The fourth-order valence-corrected chi connectivity index (χ4v) is 4.89. The quantitative estimate of drug-likeness (QED) is 0.288. The van der Waals surface area contributed by atoms with Crippen LogP contribution in [-0.2, 0) is 14.8 Å². The zero-order valence-electron chi connectivity index (χ0n) is 19.3. The first-order chi connectivity index (χ1) is 16.8. The second kappa shape index (κ2) is 10.4. The molecule has 35 heavy (non-hydrogen) atoms. The molecule has 0 bridgehead atoms. The van der Waals surface area contributed by atoms with Gasteiger partial charge in [-0.25, -0.2) is 8.42 Å². The molecule has 0 aliphatic carbocycles. The van der Waals surface area contributed by atoms with Crippen LogP contribution in [0.4, 0.5) is 11.4 Å². The second-order valence-electron chi connectivity index (χ2n) is 8.06. The Hall–Kier alpha value is -3.55. The lowest BCUT2D eigenvalue weighted by Gasteiger charge is -2.18. The van der Waals surface area contributed by atoms with Gasteiger partial charge in [-0.2, -0.15) is 0 Å². The van der Waals surface area contributed by atoms with Crippen molar-refractivity contribution in [2.45, 2.75) is 31.3 Å². The number of rotatable bonds is 8. The highest BCUT2D eigenvalue weighted by Crippen LogP contribution is 2.26. The van der Waals surface area contributed by atoms with E-state index in [1.165, 1.54) is 12.1 Å². The normalized spacial score (nSPS) is 12.2. The number of nitrogens with one attached hydrogen (secondary N) is 2. The molecule has 1 atom stereocenters. The van der Waals surface area contributed by atoms with Gasteiger partial charge in [0.05, 0.1) is 10.6 Å². The summed E-state index contributed by atoms with van der Waals surface area (Å²) in [5.74, 6) is 0.290. The van der Waals surface area contributed by atoms with Crippen molar-refractivity contribution in [2.24, 2.45) is 0 Å². The minimum absolute atomic E-state index is 0.0642. The molecule has 6 nitrogen and oxygen atoms in total. The lowest BCUT2D eigenvalue weighted by atomic mass is 10.1. The van der Waals surface area contributed by atoms with Crippen molar-refractivity contribution >= 4 is 49.7 Å². The molecular weight excluding hydrogens is 484 g/mol. The van der Waals surface area contributed by atoms with Crippen molar-refractivity contribution in [3.05, 3.63) is 95.5 Å². The van der Waals surface area contributed by atoms with E-state index in [1.54, 1.807) is 37.3 Å². The average molecular weight is 509 g/mol. The number of hydrogen-bond acceptors (Lipinski definition) is 4. The first-order valence-corrected chi connectivity index (χ1v) is 13.0. The predicted octanol–water partition coefficient (Wildman–Crippen LogP) is 6.40. The maximum Gasteiger partial charge on any atom is 0.265 e. The highest BCUT2D eigenvalue weighted by molar-refractivity contribution is 7.92. The summed E-state index contributed by atoms with van der Waals surface area (Å²) in [6, 6.07) is 24.6. The van der Waals surface area contributed by atoms with Crippen molar-refractivity contribution in [1.82, 2.24) is 0 Å². The van der Waals surface area contributed by atoms with E-state index in [4.69, 9.17) is 16.3 Å². The summed E-state index contributed by atoms with van der Waals surface area (Å²) in [6.07, 6.45) is -0.236. The Labute approximate surface area is 209 Å². The van der Waals surface area contributed by atoms with E-state index >= 15 is 0 Å². The fourth-order valence-electron chi connectivity index (χ4n) is 3.59. The third kappa shape index (κ3) is 5.75. The first kappa shape index (κ1) is 24.6. The van der Waals surface area contributed by atoms with Gasteiger partial charge in [0.25, 0.3) is 15.9 Å². The number of fused-ring (bicyclic) bond motifs is 1. The summed E-state index contributed by atoms with van der Waals surface area (Å²) >= 11 is 6.09. The van der Waals surface area contributed by atoms with Crippen molar-refractivity contribution < 1.29 is 17.9 Å². The predicted molar refractivity (Wildman–Crippen MR) is 141 cm³/mol. The molecule has 0 aromatic heterocycles. The summed E-state index contributed by atoms with van der Waals surface area (Å²) < 4.78 is 34.1. The number of carbonyl (C=O) groups is 1. The standard InChI is InChI=1S/C27H25ClN2O4S/c1-3-26(34-22-14-11-19-7-4-5-8-20(19)17-22)27(31)29-21-12-15-23(16-13-21)35(32,33)30-25-10-6-9-24(28)18(25)2/h4-17,26,30H,3H2,1-2H3,(H,29,31)/t26-/m1/s1. The topological polar surface area (TPSA) is 84.5 Å². The van der Waals surface area contributed by atoms with Gasteiger partial charge in [0.15, 0.2) is 6.10 Å². The van der Waals surface area contributed by atoms with Crippen LogP contribution in [0.3, 0.4) is 0 Å². The molecule has 4 aromatic carbocycles. The van der Waals surface area contributed by atoms with E-state index in [1.807, 2.05) is 49.4 Å². The number of hydrogen-bond donors (Lipinski definition) is 2. The summed E-state index contributed by atoms with van der Waals surface area (Å²) in [7, 11) is -3.82. The third-order valence-electron chi connectivity index (χ3n) is 5.61. The molecule has 2 N–H and O–H groups in total. The van der Waals surface area contributed by atoms with Crippen LogP contribution in [-0.4, -0.2) is 20.4 Å². The molecule has 0 aliphatic rings. The number of sulfonamides is 1. The summed E-state index contributed by atoms with van der Waals surface area (Å²) in [5, 5.41) is 5.39. The molecule has 0 aliphatic heterocycles. The molecule has 0 unspecified atom stereocenters. The van der Waals surface area contributed by atoms with Gasteiger partial charge >= 0.3 is 0 Å². The summed E-state index contributed by atoms with van der Waals surface area (Å²) in [5.41, 5.74) is 1.51. The van der Waals surface area contributed by atoms with Crippen molar-refractivity contribution in [1.29, 1.82) is 0 Å². The van der Waals surface area contributed by atoms with Gasteiger partial charge in [-0.1, -0.05) is 54.9 Å². The largest absolute Gasteiger partial charge is 0.481 e. The zero-order valence-corrected chi connectivity index (χ0v) is 20.9. The van der Waals surface area contributed by atoms with Gasteiger partial charge < -0.3 is 10.1 Å². The van der Waals surface area contributed by atoms with Crippen LogP contribution >= 0.6 is 11.6 Å². The molecule has 0 saturated heterocycles. The van der Waals surface area contributed by atoms with Crippen LogP contribution in [0.5, 0.6) is 5.75 Å². The second-order valence-corrected chi connectivity index (χ2v) is 10.1. The summed E-state index contributed by atoms with van der Waals surface area (Å²) in [6.45, 7) is 3.60. The summed E-state index contributed by atoms with van der Waals surface area (Å²) in [4.78, 5) is 12.9. The molecule has 0 fully saturated rings. The molecule has 0 saturated carbocycles. The SMILES string of the molecule is CC[C@@H](Oc1ccc2ccccc2c1)C(=O)Nc1ccc(S(=O)(=O)Nc2cccc(Cl)c2C)cc1. The number of amides is 1. The maximum atomic E-state index is 12.8. The fraction of sp³-hybridized carbons (Fsp3) is 0.148. The van der Waals surface area contributed by atoms with Crippen LogP contribution in [0.1, 0.15) is 18.9 Å². The Morgan fingerprint density at radius 2 is 1.66 bits per heavy atom. The zero-order chi connectivity index (χ0) is 25.0. The van der Waals surface area contributed by atoms with Gasteiger partial charge in [0, 0.05) is 10.7 Å². The van der Waals surface area contributed by atoms with Crippen LogP contribution in [0.25, 0.3) is 10.8 Å². The third-order valence-corrected chi connectivity index (χ3v) is 7.40. The molecule has 0 spiro atoms. The highest BCUT2D eigenvalue weighted by atomic mass is 35.5. The van der Waals surface area contributed by atoms with Crippen molar-refractivity contribution in [3.8, 4) is 5.75 Å². The van der Waals surface area contributed by atoms with E-state index in [0.29, 0.717) is 34.1 Å². The number of benzene rings is 4. The lowest BCUT2D eigenvalue weighted by Crippen LogP contribution is -2.32. The average Bonchev–Trinajstić information content (AvgIpc) is 2.85. The highest BCUT2D eigenvalue weighted by Gasteiger charge is 2.20. The van der Waals surface area contributed by atoms with Gasteiger partial charge in [-0.3, -0.25) is 9.52 Å². The van der Waals surface area contributed by atoms with Gasteiger partial charge in [0.2, 0.25) is 0 Å². The van der Waals surface area contributed by atoms with Gasteiger partial charge in [-0.05, 0) is 78.2 Å². The Morgan fingerprint density at radius 3 is 2.37 bits per heavy atom. The van der Waals surface area contributed by atoms with Crippen LogP contribution in [0.2, 0.25) is 5.02 Å². The van der Waals surface area contributed by atoms with Crippen molar-refractivity contribution in [2.75, 3.05) is 10.0 Å². The van der Waals surface area contributed by atoms with E-state index in [-0.39, 0.29) is 10.8 Å². The maximum absolute atomic E-state index is 12.8. The smallest absolute Gasteiger partial charge is 0.265 e. The molecule has 4 aromatic rings. The van der Waals surface area contributed by atoms with Crippen LogP contribution in [0.15, 0.2) is 89.8 Å². The monoisotopic (exact) mass is 508 g/mol. The molecule has 0 radical (unpaired) electrons. The molecule has 4 rings (SSSR count). The Morgan fingerprint density at radius 1 is 0.943 bits per heavy atom. The molecule has 0 heterocycles. The number of halogens is 1. The minimum atomic E-state index is -3.82. The van der Waals surface area contributed by atoms with Crippen molar-refractivity contribution in [3.63, 3.8) is 0 Å². The molecule has 8 heteroatoms. The lowest BCUT2D eigenvalue weighted by molar-refractivity contribution is -0.122. The first-order valence-electron chi connectivity index (χ1n) is 11.1. The number of carbonyl (C=O) groups excluding carboxylic acids is 1. The van der Waals surface area contributed by atoms with E-state index in [0.717, 1.165) is 10.8 Å². The Kier molecular flexibility index (Phi) is 7.28. The van der Waals surface area contributed by atoms with Crippen LogP contribution in [0, 0.1) is 6.92 Å². The molecule has 180 valence electrons. The molecule has 1 amide bonds. The number of ether oxygens (including phenoxy) is 1. The van der Waals surface area contributed by atoms with Crippen LogP contribution < -0.4 is 14.8 Å². The molecular formula is C27H25ClN2O4S. The van der Waals surface area contributed by atoms with E-state index in [2.05, 4.69) is 10.0 Å². The Bertz CT molecular complexity index is 1470. The van der Waals surface area contributed by atoms with Gasteiger partial charge in [-0.15, -0.1) is 0 Å². The number of anilines is 2.